The van der Waals surface area contributed by atoms with Crippen LogP contribution in [0.5, 0.6) is 0 Å². The zero-order chi connectivity index (χ0) is 12.3. The van der Waals surface area contributed by atoms with Crippen LogP contribution < -0.4 is 16.0 Å². The Balaban J connectivity index is 2.22. The Morgan fingerprint density at radius 2 is 2.35 bits per heavy atom. The number of benzene rings is 1. The summed E-state index contributed by atoms with van der Waals surface area (Å²) in [6, 6.07) is 5.75. The molecule has 0 aromatic heterocycles. The predicted molar refractivity (Wildman–Crippen MR) is 70.2 cm³/mol. The molecule has 2 amide bonds. The van der Waals surface area contributed by atoms with Crippen molar-refractivity contribution in [1.82, 2.24) is 5.32 Å². The summed E-state index contributed by atoms with van der Waals surface area (Å²) in [5, 5.41) is 2.91. The maximum Gasteiger partial charge on any atom is 0.321 e. The quantitative estimate of drug-likeness (QED) is 0.769. The van der Waals surface area contributed by atoms with Crippen LogP contribution in [0.15, 0.2) is 18.2 Å². The van der Waals surface area contributed by atoms with E-state index in [0.29, 0.717) is 6.54 Å². The number of nitrogens with zero attached hydrogens (tertiary/aromatic N) is 1. The maximum absolute atomic E-state index is 12.0. The Kier molecular flexibility index (Phi) is 3.52. The van der Waals surface area contributed by atoms with Gasteiger partial charge in [0.2, 0.25) is 0 Å². The largest absolute Gasteiger partial charge is 0.398 e. The number of hydrogen-bond donors (Lipinski definition) is 2. The van der Waals surface area contributed by atoms with E-state index < -0.39 is 0 Å². The molecular formula is C13H19N3O. The number of amides is 2. The van der Waals surface area contributed by atoms with Crippen molar-refractivity contribution >= 4 is 17.4 Å². The van der Waals surface area contributed by atoms with Crippen LogP contribution in [-0.4, -0.2) is 19.1 Å². The van der Waals surface area contributed by atoms with Crippen LogP contribution in [0.3, 0.4) is 0 Å². The molecule has 17 heavy (non-hydrogen) atoms. The second-order valence-corrected chi connectivity index (χ2v) is 4.33. The van der Waals surface area contributed by atoms with Gasteiger partial charge in [-0.2, -0.15) is 0 Å². The molecule has 0 radical (unpaired) electrons. The molecule has 0 saturated carbocycles. The van der Waals surface area contributed by atoms with Crippen molar-refractivity contribution in [2.75, 3.05) is 23.7 Å². The van der Waals surface area contributed by atoms with Gasteiger partial charge in [-0.3, -0.25) is 4.90 Å². The van der Waals surface area contributed by atoms with Crippen molar-refractivity contribution in [3.05, 3.63) is 23.8 Å². The summed E-state index contributed by atoms with van der Waals surface area (Å²) < 4.78 is 0. The van der Waals surface area contributed by atoms with Gasteiger partial charge in [0, 0.05) is 18.8 Å². The SMILES string of the molecule is CCCNC(=O)N1CCCc2c(N)cccc21. The number of carbonyl (C=O) groups excluding carboxylic acids is 1. The van der Waals surface area contributed by atoms with Crippen molar-refractivity contribution < 1.29 is 4.79 Å². The first-order valence-corrected chi connectivity index (χ1v) is 6.16. The second kappa shape index (κ2) is 5.08. The van der Waals surface area contributed by atoms with E-state index in [0.717, 1.165) is 42.7 Å². The van der Waals surface area contributed by atoms with Crippen molar-refractivity contribution in [1.29, 1.82) is 0 Å². The van der Waals surface area contributed by atoms with E-state index in [9.17, 15) is 4.79 Å². The first-order chi connectivity index (χ1) is 8.24. The molecule has 0 aliphatic carbocycles. The van der Waals surface area contributed by atoms with Gasteiger partial charge >= 0.3 is 6.03 Å². The van der Waals surface area contributed by atoms with Crippen molar-refractivity contribution in [2.45, 2.75) is 26.2 Å². The fourth-order valence-corrected chi connectivity index (χ4v) is 2.19. The lowest BCUT2D eigenvalue weighted by Crippen LogP contribution is -2.43. The predicted octanol–water partition coefficient (Wildman–Crippen LogP) is 2.14. The van der Waals surface area contributed by atoms with Gasteiger partial charge in [-0.25, -0.2) is 4.79 Å². The van der Waals surface area contributed by atoms with E-state index in [4.69, 9.17) is 5.73 Å². The zero-order valence-corrected chi connectivity index (χ0v) is 10.2. The standard InChI is InChI=1S/C13H19N3O/c1-2-8-15-13(17)16-9-4-5-10-11(14)6-3-7-12(10)16/h3,6-7H,2,4-5,8-9,14H2,1H3,(H,15,17). The lowest BCUT2D eigenvalue weighted by atomic mass is 10.0. The molecule has 3 N–H and O–H groups in total. The summed E-state index contributed by atoms with van der Waals surface area (Å²) in [5.41, 5.74) is 8.80. The van der Waals surface area contributed by atoms with Crippen LogP contribution >= 0.6 is 0 Å². The summed E-state index contributed by atoms with van der Waals surface area (Å²) >= 11 is 0. The third kappa shape index (κ3) is 2.35. The minimum atomic E-state index is -0.0154. The molecule has 0 bridgehead atoms. The van der Waals surface area contributed by atoms with E-state index in [-0.39, 0.29) is 6.03 Å². The minimum Gasteiger partial charge on any atom is -0.398 e. The van der Waals surface area contributed by atoms with Crippen molar-refractivity contribution in [3.63, 3.8) is 0 Å². The van der Waals surface area contributed by atoms with Gasteiger partial charge in [0.1, 0.15) is 0 Å². The molecule has 0 atom stereocenters. The Morgan fingerprint density at radius 3 is 3.12 bits per heavy atom. The number of fused-ring (bicyclic) bond motifs is 1. The number of hydrogen-bond acceptors (Lipinski definition) is 2. The average molecular weight is 233 g/mol. The summed E-state index contributed by atoms with van der Waals surface area (Å²) in [7, 11) is 0. The monoisotopic (exact) mass is 233 g/mol. The van der Waals surface area contributed by atoms with Crippen molar-refractivity contribution in [2.24, 2.45) is 0 Å². The fraction of sp³-hybridized carbons (Fsp3) is 0.462. The molecule has 92 valence electrons. The molecular weight excluding hydrogens is 214 g/mol. The number of nitrogens with two attached hydrogens (primary N) is 1. The molecule has 1 aliphatic heterocycles. The third-order valence-corrected chi connectivity index (χ3v) is 3.06. The van der Waals surface area contributed by atoms with Crippen molar-refractivity contribution in [3.8, 4) is 0 Å². The van der Waals surface area contributed by atoms with Gasteiger partial charge in [-0.05, 0) is 37.0 Å². The lowest BCUT2D eigenvalue weighted by molar-refractivity contribution is 0.246. The smallest absolute Gasteiger partial charge is 0.321 e. The molecule has 1 aliphatic rings. The van der Waals surface area contributed by atoms with Gasteiger partial charge in [-0.1, -0.05) is 13.0 Å². The highest BCUT2D eigenvalue weighted by Gasteiger charge is 2.23. The highest BCUT2D eigenvalue weighted by Crippen LogP contribution is 2.31. The number of nitrogen functional groups attached to an aromatic ring is 1. The third-order valence-electron chi connectivity index (χ3n) is 3.06. The van der Waals surface area contributed by atoms with E-state index >= 15 is 0 Å². The maximum atomic E-state index is 12.0. The molecule has 0 saturated heterocycles. The van der Waals surface area contributed by atoms with E-state index in [2.05, 4.69) is 5.32 Å². The minimum absolute atomic E-state index is 0.0154. The van der Waals surface area contributed by atoms with Crippen LogP contribution in [0, 0.1) is 0 Å². The highest BCUT2D eigenvalue weighted by atomic mass is 16.2. The number of urea groups is 1. The zero-order valence-electron chi connectivity index (χ0n) is 10.2. The summed E-state index contributed by atoms with van der Waals surface area (Å²) in [6.07, 6.45) is 2.88. The Hall–Kier alpha value is -1.71. The van der Waals surface area contributed by atoms with Gasteiger partial charge < -0.3 is 11.1 Å². The van der Waals surface area contributed by atoms with Gasteiger partial charge in [0.15, 0.2) is 0 Å². The summed E-state index contributed by atoms with van der Waals surface area (Å²) in [4.78, 5) is 13.8. The van der Waals surface area contributed by atoms with Gasteiger partial charge in [0.25, 0.3) is 0 Å². The molecule has 4 heteroatoms. The second-order valence-electron chi connectivity index (χ2n) is 4.33. The molecule has 0 unspecified atom stereocenters. The van der Waals surface area contributed by atoms with E-state index in [1.54, 1.807) is 4.90 Å². The van der Waals surface area contributed by atoms with Crippen LogP contribution in [0.25, 0.3) is 0 Å². The Bertz CT molecular complexity index is 417. The van der Waals surface area contributed by atoms with Crippen LogP contribution in [0.2, 0.25) is 0 Å². The molecule has 2 rings (SSSR count). The highest BCUT2D eigenvalue weighted by molar-refractivity contribution is 5.94. The molecule has 0 fully saturated rings. The molecule has 0 spiro atoms. The fourth-order valence-electron chi connectivity index (χ4n) is 2.19. The normalized spacial score (nSPS) is 14.3. The number of rotatable bonds is 2. The molecule has 4 nitrogen and oxygen atoms in total. The number of nitrogens with one attached hydrogen (secondary N) is 1. The van der Waals surface area contributed by atoms with Gasteiger partial charge in [-0.15, -0.1) is 0 Å². The summed E-state index contributed by atoms with van der Waals surface area (Å²) in [6.45, 7) is 3.53. The summed E-state index contributed by atoms with van der Waals surface area (Å²) in [5.74, 6) is 0. The topological polar surface area (TPSA) is 58.4 Å². The number of anilines is 2. The molecule has 1 aromatic rings. The van der Waals surface area contributed by atoms with E-state index in [1.807, 2.05) is 25.1 Å². The van der Waals surface area contributed by atoms with Gasteiger partial charge in [0.05, 0.1) is 5.69 Å². The average Bonchev–Trinajstić information content (AvgIpc) is 2.36. The Morgan fingerprint density at radius 1 is 1.53 bits per heavy atom. The van der Waals surface area contributed by atoms with Crippen LogP contribution in [0.1, 0.15) is 25.3 Å². The Labute approximate surface area is 102 Å². The van der Waals surface area contributed by atoms with Crippen LogP contribution in [0.4, 0.5) is 16.2 Å². The lowest BCUT2D eigenvalue weighted by Gasteiger charge is -2.30. The first-order valence-electron chi connectivity index (χ1n) is 6.16. The molecule has 1 aromatic carbocycles. The molecule has 1 heterocycles. The van der Waals surface area contributed by atoms with E-state index in [1.165, 1.54) is 0 Å². The first kappa shape index (κ1) is 11.8. The van der Waals surface area contributed by atoms with Crippen LogP contribution in [-0.2, 0) is 6.42 Å². The number of carbonyl (C=O) groups is 1.